The molecule has 0 spiro atoms. The molecule has 3 heteroatoms. The monoisotopic (exact) mass is 291 g/mol. The minimum absolute atomic E-state index is 0.421. The number of aryl methyl sites for hydroxylation is 1. The van der Waals surface area contributed by atoms with Crippen molar-refractivity contribution in [2.75, 3.05) is 46.8 Å². The van der Waals surface area contributed by atoms with Gasteiger partial charge in [0.1, 0.15) is 0 Å². The van der Waals surface area contributed by atoms with Gasteiger partial charge in [-0.05, 0) is 46.1 Å². The van der Waals surface area contributed by atoms with Gasteiger partial charge in [-0.3, -0.25) is 0 Å². The molecule has 21 heavy (non-hydrogen) atoms. The Morgan fingerprint density at radius 3 is 2.19 bits per heavy atom. The molecule has 0 aliphatic carbocycles. The molecule has 1 N–H and O–H groups in total. The number of benzene rings is 1. The number of rotatable bonds is 10. The van der Waals surface area contributed by atoms with Crippen molar-refractivity contribution in [3.05, 3.63) is 35.4 Å². The van der Waals surface area contributed by atoms with E-state index in [1.807, 2.05) is 0 Å². The minimum atomic E-state index is 0.421. The van der Waals surface area contributed by atoms with Gasteiger partial charge in [-0.1, -0.05) is 43.7 Å². The van der Waals surface area contributed by atoms with Crippen LogP contribution in [0, 0.1) is 6.92 Å². The van der Waals surface area contributed by atoms with E-state index in [9.17, 15) is 0 Å². The van der Waals surface area contributed by atoms with Crippen molar-refractivity contribution >= 4 is 0 Å². The Kier molecular flexibility index (Phi) is 8.58. The normalized spacial score (nSPS) is 13.1. The third-order valence-electron chi connectivity index (χ3n) is 3.77. The Hall–Kier alpha value is -0.900. The summed E-state index contributed by atoms with van der Waals surface area (Å²) in [5.74, 6) is 0. The van der Waals surface area contributed by atoms with Crippen LogP contribution in [0.4, 0.5) is 0 Å². The Labute approximate surface area is 131 Å². The first-order valence-electron chi connectivity index (χ1n) is 8.23. The third kappa shape index (κ3) is 7.07. The molecule has 0 saturated carbocycles. The molecule has 0 radical (unpaired) electrons. The number of hydrogen-bond acceptors (Lipinski definition) is 3. The fourth-order valence-electron chi connectivity index (χ4n) is 2.54. The fraction of sp³-hybridized carbons (Fsp3) is 0.667. The molecule has 1 rings (SSSR count). The van der Waals surface area contributed by atoms with Crippen LogP contribution < -0.4 is 5.32 Å². The van der Waals surface area contributed by atoms with E-state index in [-0.39, 0.29) is 0 Å². The molecule has 1 unspecified atom stereocenters. The minimum Gasteiger partial charge on any atom is -0.309 e. The highest BCUT2D eigenvalue weighted by Crippen LogP contribution is 2.15. The first-order chi connectivity index (χ1) is 10.1. The van der Waals surface area contributed by atoms with E-state index < -0.39 is 0 Å². The summed E-state index contributed by atoms with van der Waals surface area (Å²) in [5.41, 5.74) is 2.72. The molecule has 0 fully saturated rings. The molecule has 0 heterocycles. The summed E-state index contributed by atoms with van der Waals surface area (Å²) in [7, 11) is 4.29. The largest absolute Gasteiger partial charge is 0.309 e. The van der Waals surface area contributed by atoms with E-state index in [2.05, 4.69) is 74.2 Å². The summed E-state index contributed by atoms with van der Waals surface area (Å²) in [5, 5.41) is 3.64. The van der Waals surface area contributed by atoms with E-state index in [0.717, 1.165) is 26.2 Å². The van der Waals surface area contributed by atoms with Crippen molar-refractivity contribution in [3.63, 3.8) is 0 Å². The van der Waals surface area contributed by atoms with Crippen LogP contribution in [0.5, 0.6) is 0 Å². The molecule has 1 atom stereocenters. The molecule has 0 aliphatic rings. The van der Waals surface area contributed by atoms with Crippen LogP contribution in [0.15, 0.2) is 24.3 Å². The standard InChI is InChI=1S/C18H33N3/c1-6-12-21(14-13-20(4)5)15-18(19-7-2)17-10-8-16(3)9-11-17/h8-11,18-19H,6-7,12-15H2,1-5H3. The highest BCUT2D eigenvalue weighted by Gasteiger charge is 2.15. The van der Waals surface area contributed by atoms with Gasteiger partial charge in [0.05, 0.1) is 0 Å². The van der Waals surface area contributed by atoms with E-state index in [1.165, 1.54) is 24.1 Å². The third-order valence-corrected chi connectivity index (χ3v) is 3.77. The van der Waals surface area contributed by atoms with Crippen LogP contribution in [0.1, 0.15) is 37.4 Å². The summed E-state index contributed by atoms with van der Waals surface area (Å²) in [4.78, 5) is 4.84. The zero-order chi connectivity index (χ0) is 15.7. The molecule has 0 bridgehead atoms. The first-order valence-corrected chi connectivity index (χ1v) is 8.23. The van der Waals surface area contributed by atoms with Gasteiger partial charge >= 0.3 is 0 Å². The van der Waals surface area contributed by atoms with Crippen LogP contribution in [-0.2, 0) is 0 Å². The van der Waals surface area contributed by atoms with Crippen molar-refractivity contribution < 1.29 is 0 Å². The second kappa shape index (κ2) is 9.93. The van der Waals surface area contributed by atoms with Gasteiger partial charge in [-0.15, -0.1) is 0 Å². The van der Waals surface area contributed by atoms with Gasteiger partial charge in [0.25, 0.3) is 0 Å². The summed E-state index contributed by atoms with van der Waals surface area (Å²) in [6, 6.07) is 9.37. The van der Waals surface area contributed by atoms with Gasteiger partial charge in [0.2, 0.25) is 0 Å². The maximum atomic E-state index is 3.64. The molecule has 0 amide bonds. The van der Waals surface area contributed by atoms with Crippen LogP contribution in [0.25, 0.3) is 0 Å². The van der Waals surface area contributed by atoms with Gasteiger partial charge in [-0.2, -0.15) is 0 Å². The van der Waals surface area contributed by atoms with Gasteiger partial charge in [0.15, 0.2) is 0 Å². The lowest BCUT2D eigenvalue weighted by molar-refractivity contribution is 0.219. The van der Waals surface area contributed by atoms with E-state index in [0.29, 0.717) is 6.04 Å². The molecule has 0 aromatic heterocycles. The lowest BCUT2D eigenvalue weighted by atomic mass is 10.0. The Morgan fingerprint density at radius 2 is 1.67 bits per heavy atom. The maximum Gasteiger partial charge on any atom is 0.0449 e. The van der Waals surface area contributed by atoms with Crippen LogP contribution in [-0.4, -0.2) is 56.6 Å². The van der Waals surface area contributed by atoms with Crippen molar-refractivity contribution in [2.24, 2.45) is 0 Å². The second-order valence-electron chi connectivity index (χ2n) is 6.12. The van der Waals surface area contributed by atoms with Crippen LogP contribution in [0.3, 0.4) is 0 Å². The molecule has 3 nitrogen and oxygen atoms in total. The lowest BCUT2D eigenvalue weighted by Gasteiger charge is -2.29. The van der Waals surface area contributed by atoms with Crippen molar-refractivity contribution in [1.29, 1.82) is 0 Å². The predicted octanol–water partition coefficient (Wildman–Crippen LogP) is 2.92. The molecule has 1 aromatic carbocycles. The Balaban J connectivity index is 2.70. The quantitative estimate of drug-likeness (QED) is 0.715. The number of nitrogens with one attached hydrogen (secondary N) is 1. The molecule has 1 aromatic rings. The van der Waals surface area contributed by atoms with Crippen molar-refractivity contribution in [3.8, 4) is 0 Å². The SMILES string of the molecule is CCCN(CCN(C)C)CC(NCC)c1ccc(C)cc1. The van der Waals surface area contributed by atoms with Gasteiger partial charge in [-0.25, -0.2) is 0 Å². The van der Waals surface area contributed by atoms with Crippen molar-refractivity contribution in [2.45, 2.75) is 33.2 Å². The fourth-order valence-corrected chi connectivity index (χ4v) is 2.54. The molecular weight excluding hydrogens is 258 g/mol. The van der Waals surface area contributed by atoms with E-state index in [4.69, 9.17) is 0 Å². The first kappa shape index (κ1) is 18.1. The summed E-state index contributed by atoms with van der Waals surface area (Å²) in [6.45, 7) is 12.1. The molecule has 120 valence electrons. The molecule has 0 aliphatic heterocycles. The van der Waals surface area contributed by atoms with Gasteiger partial charge < -0.3 is 15.1 Å². The highest BCUT2D eigenvalue weighted by molar-refractivity contribution is 5.24. The Morgan fingerprint density at radius 1 is 1.00 bits per heavy atom. The summed E-state index contributed by atoms with van der Waals surface area (Å²) < 4.78 is 0. The Bertz CT molecular complexity index is 373. The highest BCUT2D eigenvalue weighted by atomic mass is 15.2. The predicted molar refractivity (Wildman–Crippen MR) is 92.9 cm³/mol. The topological polar surface area (TPSA) is 18.5 Å². The number of nitrogens with zero attached hydrogens (tertiary/aromatic N) is 2. The van der Waals surface area contributed by atoms with Gasteiger partial charge in [0, 0.05) is 25.7 Å². The van der Waals surface area contributed by atoms with Crippen LogP contribution >= 0.6 is 0 Å². The molecular formula is C18H33N3. The second-order valence-corrected chi connectivity index (χ2v) is 6.12. The maximum absolute atomic E-state index is 3.64. The zero-order valence-electron chi connectivity index (χ0n) is 14.5. The van der Waals surface area contributed by atoms with E-state index in [1.54, 1.807) is 0 Å². The molecule has 0 saturated heterocycles. The smallest absolute Gasteiger partial charge is 0.0449 e. The average Bonchev–Trinajstić information content (AvgIpc) is 2.45. The van der Waals surface area contributed by atoms with Crippen molar-refractivity contribution in [1.82, 2.24) is 15.1 Å². The van der Waals surface area contributed by atoms with E-state index >= 15 is 0 Å². The average molecular weight is 291 g/mol. The van der Waals surface area contributed by atoms with Crippen LogP contribution in [0.2, 0.25) is 0 Å². The number of likely N-dealkylation sites (N-methyl/N-ethyl adjacent to an activating group) is 2. The summed E-state index contributed by atoms with van der Waals surface area (Å²) in [6.07, 6.45) is 1.21. The number of hydrogen-bond donors (Lipinski definition) is 1. The lowest BCUT2D eigenvalue weighted by Crippen LogP contribution is -2.39. The summed E-state index contributed by atoms with van der Waals surface area (Å²) >= 11 is 0. The zero-order valence-corrected chi connectivity index (χ0v) is 14.5.